The van der Waals surface area contributed by atoms with Gasteiger partial charge in [0.15, 0.2) is 0 Å². The van der Waals surface area contributed by atoms with Gasteiger partial charge in [-0.2, -0.15) is 0 Å². The van der Waals surface area contributed by atoms with Gasteiger partial charge in [-0.15, -0.1) is 0 Å². The third-order valence-corrected chi connectivity index (χ3v) is 3.25. The predicted molar refractivity (Wildman–Crippen MR) is 78.1 cm³/mol. The van der Waals surface area contributed by atoms with Gasteiger partial charge in [-0.1, -0.05) is 44.5 Å². The minimum absolute atomic E-state index is 0.177. The normalized spacial score (nSPS) is 14.8. The summed E-state index contributed by atoms with van der Waals surface area (Å²) in [7, 11) is 0. The quantitative estimate of drug-likeness (QED) is 0.806. The van der Waals surface area contributed by atoms with E-state index >= 15 is 0 Å². The van der Waals surface area contributed by atoms with Crippen molar-refractivity contribution in [2.75, 3.05) is 13.2 Å². The number of hydrogen-bond acceptors (Lipinski definition) is 2. The lowest BCUT2D eigenvalue weighted by atomic mass is 9.93. The van der Waals surface area contributed by atoms with Crippen LogP contribution in [-0.4, -0.2) is 19.3 Å². The zero-order valence-corrected chi connectivity index (χ0v) is 12.5. The molecule has 0 aromatic heterocycles. The van der Waals surface area contributed by atoms with Crippen LogP contribution in [0.2, 0.25) is 5.02 Å². The Hall–Kier alpha value is -0.570. The van der Waals surface area contributed by atoms with Crippen molar-refractivity contribution < 1.29 is 4.74 Å². The summed E-state index contributed by atoms with van der Waals surface area (Å²) < 4.78 is 5.91. The van der Waals surface area contributed by atoms with E-state index in [1.807, 2.05) is 19.1 Å². The molecule has 0 amide bonds. The lowest BCUT2D eigenvalue weighted by Gasteiger charge is -2.31. The number of hydrogen-bond donors (Lipinski definition) is 1. The van der Waals surface area contributed by atoms with Crippen LogP contribution < -0.4 is 5.32 Å². The molecule has 0 saturated carbocycles. The molecule has 0 aliphatic heterocycles. The van der Waals surface area contributed by atoms with Crippen LogP contribution in [0.25, 0.3) is 0 Å². The summed E-state index contributed by atoms with van der Waals surface area (Å²) in [6, 6.07) is 8.23. The van der Waals surface area contributed by atoms with Crippen LogP contribution in [-0.2, 0) is 4.74 Å². The zero-order chi connectivity index (χ0) is 13.5. The van der Waals surface area contributed by atoms with Gasteiger partial charge in [0, 0.05) is 11.6 Å². The summed E-state index contributed by atoms with van der Waals surface area (Å²) in [5.41, 5.74) is 1.23. The maximum absolute atomic E-state index is 5.95. The van der Waals surface area contributed by atoms with Gasteiger partial charge in [0.05, 0.1) is 12.1 Å². The van der Waals surface area contributed by atoms with E-state index in [1.54, 1.807) is 0 Å². The number of benzene rings is 1. The second-order valence-electron chi connectivity index (χ2n) is 4.75. The molecule has 1 N–H and O–H groups in total. The summed E-state index contributed by atoms with van der Waals surface area (Å²) in [6.45, 7) is 10.2. The average Bonchev–Trinajstić information content (AvgIpc) is 2.34. The number of rotatable bonds is 7. The summed E-state index contributed by atoms with van der Waals surface area (Å²) >= 11 is 5.95. The van der Waals surface area contributed by atoms with E-state index < -0.39 is 0 Å². The van der Waals surface area contributed by atoms with Crippen LogP contribution in [0.4, 0.5) is 0 Å². The lowest BCUT2D eigenvalue weighted by Crippen LogP contribution is -2.37. The van der Waals surface area contributed by atoms with E-state index in [-0.39, 0.29) is 12.1 Å². The summed E-state index contributed by atoms with van der Waals surface area (Å²) in [6.07, 6.45) is 0.177. The first-order chi connectivity index (χ1) is 8.60. The van der Waals surface area contributed by atoms with Crippen LogP contribution in [0, 0.1) is 5.92 Å². The molecule has 0 heterocycles. The topological polar surface area (TPSA) is 21.3 Å². The van der Waals surface area contributed by atoms with Crippen LogP contribution in [0.1, 0.15) is 39.3 Å². The molecule has 1 rings (SSSR count). The molecule has 0 fully saturated rings. The molecule has 0 bridgehead atoms. The van der Waals surface area contributed by atoms with Crippen molar-refractivity contribution in [3.63, 3.8) is 0 Å². The smallest absolute Gasteiger partial charge is 0.0792 e. The highest BCUT2D eigenvalue weighted by Gasteiger charge is 2.25. The van der Waals surface area contributed by atoms with Gasteiger partial charge >= 0.3 is 0 Å². The van der Waals surface area contributed by atoms with E-state index in [1.165, 1.54) is 5.56 Å². The summed E-state index contributed by atoms with van der Waals surface area (Å²) in [5, 5.41) is 4.29. The first-order valence-electron chi connectivity index (χ1n) is 6.70. The maximum atomic E-state index is 5.95. The third-order valence-electron chi connectivity index (χ3n) is 3.00. The Labute approximate surface area is 116 Å². The number of halogens is 1. The first-order valence-corrected chi connectivity index (χ1v) is 7.08. The first kappa shape index (κ1) is 15.5. The van der Waals surface area contributed by atoms with Gasteiger partial charge in [0.1, 0.15) is 0 Å². The molecule has 2 unspecified atom stereocenters. The Bertz CT molecular complexity index is 337. The number of ether oxygens (including phenoxy) is 1. The third kappa shape index (κ3) is 4.27. The fraction of sp³-hybridized carbons (Fsp3) is 0.600. The molecule has 102 valence electrons. The fourth-order valence-corrected chi connectivity index (χ4v) is 2.31. The van der Waals surface area contributed by atoms with Crippen LogP contribution in [0.3, 0.4) is 0 Å². The monoisotopic (exact) mass is 269 g/mol. The molecule has 1 aromatic carbocycles. The molecule has 0 spiro atoms. The maximum Gasteiger partial charge on any atom is 0.0792 e. The van der Waals surface area contributed by atoms with Crippen molar-refractivity contribution in [2.45, 2.75) is 39.8 Å². The van der Waals surface area contributed by atoms with E-state index in [2.05, 4.69) is 38.2 Å². The lowest BCUT2D eigenvalue weighted by molar-refractivity contribution is 0.00318. The second kappa shape index (κ2) is 7.78. The van der Waals surface area contributed by atoms with E-state index in [0.29, 0.717) is 5.92 Å². The van der Waals surface area contributed by atoms with Gasteiger partial charge < -0.3 is 10.1 Å². The van der Waals surface area contributed by atoms with Crippen molar-refractivity contribution >= 4 is 11.6 Å². The minimum atomic E-state index is 0.177. The van der Waals surface area contributed by atoms with E-state index in [0.717, 1.165) is 18.2 Å². The molecule has 2 atom stereocenters. The van der Waals surface area contributed by atoms with Crippen molar-refractivity contribution in [1.29, 1.82) is 0 Å². The molecule has 0 saturated heterocycles. The molecule has 0 aliphatic rings. The Balaban J connectivity index is 2.95. The number of nitrogens with one attached hydrogen (secondary N) is 1. The van der Waals surface area contributed by atoms with Crippen molar-refractivity contribution in [3.8, 4) is 0 Å². The molecular weight excluding hydrogens is 246 g/mol. The summed E-state index contributed by atoms with van der Waals surface area (Å²) in [4.78, 5) is 0. The van der Waals surface area contributed by atoms with Crippen LogP contribution in [0.15, 0.2) is 24.3 Å². The van der Waals surface area contributed by atoms with Crippen molar-refractivity contribution in [2.24, 2.45) is 5.92 Å². The molecule has 0 aliphatic carbocycles. The van der Waals surface area contributed by atoms with E-state index in [4.69, 9.17) is 16.3 Å². The fourth-order valence-electron chi connectivity index (χ4n) is 2.18. The average molecular weight is 270 g/mol. The van der Waals surface area contributed by atoms with Gasteiger partial charge in [-0.25, -0.2) is 0 Å². The van der Waals surface area contributed by atoms with Crippen LogP contribution >= 0.6 is 11.6 Å². The van der Waals surface area contributed by atoms with Crippen molar-refractivity contribution in [3.05, 3.63) is 34.9 Å². The highest BCUT2D eigenvalue weighted by atomic mass is 35.5. The van der Waals surface area contributed by atoms with E-state index in [9.17, 15) is 0 Å². The highest BCUT2D eigenvalue weighted by Crippen LogP contribution is 2.26. The molecule has 18 heavy (non-hydrogen) atoms. The molecule has 0 radical (unpaired) electrons. The minimum Gasteiger partial charge on any atom is -0.376 e. The predicted octanol–water partition coefficient (Wildman–Crippen LogP) is 4.05. The Morgan fingerprint density at radius 3 is 2.22 bits per heavy atom. The van der Waals surface area contributed by atoms with Crippen LogP contribution in [0.5, 0.6) is 0 Å². The number of likely N-dealkylation sites (N-methyl/N-ethyl adjacent to an activating group) is 1. The highest BCUT2D eigenvalue weighted by molar-refractivity contribution is 6.30. The van der Waals surface area contributed by atoms with Gasteiger partial charge in [0.2, 0.25) is 0 Å². The molecular formula is C15H24ClNO. The Morgan fingerprint density at radius 2 is 1.78 bits per heavy atom. The molecule has 2 nitrogen and oxygen atoms in total. The molecule has 1 aromatic rings. The van der Waals surface area contributed by atoms with Crippen molar-refractivity contribution in [1.82, 2.24) is 5.32 Å². The SMILES string of the molecule is CCNC(c1ccc(Cl)cc1)C(OCC)C(C)C. The largest absolute Gasteiger partial charge is 0.376 e. The zero-order valence-electron chi connectivity index (χ0n) is 11.7. The molecule has 3 heteroatoms. The Kier molecular flexibility index (Phi) is 6.69. The second-order valence-corrected chi connectivity index (χ2v) is 5.19. The Morgan fingerprint density at radius 1 is 1.17 bits per heavy atom. The van der Waals surface area contributed by atoms with Gasteiger partial charge in [-0.3, -0.25) is 0 Å². The summed E-state index contributed by atoms with van der Waals surface area (Å²) in [5.74, 6) is 0.463. The standard InChI is InChI=1S/C15H24ClNO/c1-5-17-14(15(11(3)4)18-6-2)12-7-9-13(16)10-8-12/h7-11,14-15,17H,5-6H2,1-4H3. The van der Waals surface area contributed by atoms with Gasteiger partial charge in [0.25, 0.3) is 0 Å². The van der Waals surface area contributed by atoms with Gasteiger partial charge in [-0.05, 0) is 37.1 Å².